The summed E-state index contributed by atoms with van der Waals surface area (Å²) in [5, 5.41) is 32.8. The van der Waals surface area contributed by atoms with E-state index in [0.29, 0.717) is 12.8 Å². The highest BCUT2D eigenvalue weighted by Gasteiger charge is 2.79. The van der Waals surface area contributed by atoms with Crippen molar-refractivity contribution in [3.63, 3.8) is 0 Å². The summed E-state index contributed by atoms with van der Waals surface area (Å²) >= 11 is 0. The first-order chi connectivity index (χ1) is 30.4. The van der Waals surface area contributed by atoms with Crippen LogP contribution >= 0.6 is 0 Å². The highest BCUT2D eigenvalue weighted by atomic mass is 19.4. The van der Waals surface area contributed by atoms with Crippen LogP contribution in [-0.4, -0.2) is 103 Å². The first-order valence-corrected chi connectivity index (χ1v) is 21.9. The van der Waals surface area contributed by atoms with Crippen molar-refractivity contribution < 1.29 is 106 Å². The molecule has 0 amide bonds. The van der Waals surface area contributed by atoms with E-state index >= 15 is 0 Å². The Morgan fingerprint density at radius 2 is 1.13 bits per heavy atom. The van der Waals surface area contributed by atoms with Gasteiger partial charge in [-0.25, -0.2) is 24.2 Å². The number of hydrogen-bond acceptors (Lipinski definition) is 11. The Labute approximate surface area is 375 Å². The van der Waals surface area contributed by atoms with Gasteiger partial charge in [0.05, 0.1) is 5.60 Å². The Balaban J connectivity index is 1.22. The van der Waals surface area contributed by atoms with Gasteiger partial charge in [0, 0.05) is 60.2 Å². The van der Waals surface area contributed by atoms with Crippen molar-refractivity contribution in [2.45, 2.75) is 174 Å². The van der Waals surface area contributed by atoms with E-state index < -0.39 is 149 Å². The molecule has 2 spiro atoms. The van der Waals surface area contributed by atoms with E-state index in [1.807, 2.05) is 0 Å². The first-order valence-electron chi connectivity index (χ1n) is 21.9. The van der Waals surface area contributed by atoms with Gasteiger partial charge in [-0.1, -0.05) is 19.2 Å². The van der Waals surface area contributed by atoms with Crippen LogP contribution in [0.4, 0.5) is 52.7 Å². The molecule has 11 nitrogen and oxygen atoms in total. The van der Waals surface area contributed by atoms with E-state index in [2.05, 4.69) is 13.2 Å². The summed E-state index contributed by atoms with van der Waals surface area (Å²) in [6.45, 7) is 10.1. The van der Waals surface area contributed by atoms with Crippen LogP contribution in [0.3, 0.4) is 0 Å². The molecule has 0 aromatic carbocycles. The van der Waals surface area contributed by atoms with Gasteiger partial charge in [-0.2, -0.15) is 52.7 Å². The highest BCUT2D eigenvalue weighted by Crippen LogP contribution is 2.69. The van der Waals surface area contributed by atoms with Crippen LogP contribution in [-0.2, 0) is 38.4 Å². The van der Waals surface area contributed by atoms with Gasteiger partial charge in [-0.05, 0) is 102 Å². The van der Waals surface area contributed by atoms with Gasteiger partial charge >= 0.3 is 42.6 Å². The molecular weight excluding hydrogens is 932 g/mol. The normalized spacial score (nSPS) is 41.4. The molecule has 9 fully saturated rings. The smallest absolute Gasteiger partial charge is 0.426 e. The van der Waals surface area contributed by atoms with Gasteiger partial charge in [-0.3, -0.25) is 0 Å². The lowest BCUT2D eigenvalue weighted by Gasteiger charge is -2.67. The zero-order valence-corrected chi connectivity index (χ0v) is 36.2. The van der Waals surface area contributed by atoms with E-state index in [1.165, 1.54) is 19.9 Å². The predicted molar refractivity (Wildman–Crippen MR) is 201 cm³/mol. The Kier molecular flexibility index (Phi) is 11.4. The van der Waals surface area contributed by atoms with Crippen molar-refractivity contribution >= 4 is 17.9 Å². The van der Waals surface area contributed by atoms with E-state index in [0.717, 1.165) is 0 Å². The lowest BCUT2D eigenvalue weighted by molar-refractivity contribution is -0.478. The average Bonchev–Trinajstić information content (AvgIpc) is 3.20. The van der Waals surface area contributed by atoms with Gasteiger partial charge in [0.1, 0.15) is 28.5 Å². The molecule has 0 aromatic rings. The number of halogens is 12. The van der Waals surface area contributed by atoms with Crippen LogP contribution in [0.25, 0.3) is 0 Å². The van der Waals surface area contributed by atoms with Gasteiger partial charge < -0.3 is 29.5 Å². The number of carbonyl (C=O) groups is 3. The Morgan fingerprint density at radius 3 is 1.66 bits per heavy atom. The molecule has 1 aliphatic heterocycles. The van der Waals surface area contributed by atoms with Crippen LogP contribution in [0.2, 0.25) is 0 Å². The molecule has 1 heterocycles. The van der Waals surface area contributed by atoms with Crippen LogP contribution in [0, 0.1) is 41.4 Å². The third-order valence-corrected chi connectivity index (χ3v) is 16.3. The number of rotatable bonds is 8. The van der Waals surface area contributed by atoms with Crippen molar-refractivity contribution in [3.8, 4) is 0 Å². The molecule has 8 bridgehead atoms. The van der Waals surface area contributed by atoms with Crippen molar-refractivity contribution in [3.05, 3.63) is 36.0 Å². The SMILES string of the molecule is C=C(C)C(=O)OC12CC3CC(C1)C1/C=C(\C(=O)OC4CC(C(O)(C(F)(F)F)C(F)(F)F)CC(C(O)(C(F)(F)F)C(F)(F)F)C4)CC4C5CC6(O)CC(OC(=O)C(=C)C)(C5)CC4(C6)OOC1(C3)C2. The maximum Gasteiger partial charge on any atom is 0.426 e. The van der Waals surface area contributed by atoms with Gasteiger partial charge in [-0.15, -0.1) is 0 Å². The molecule has 3 N–H and O–H groups in total. The summed E-state index contributed by atoms with van der Waals surface area (Å²) in [6, 6.07) is 0. The second-order valence-electron chi connectivity index (χ2n) is 21.3. The Bertz CT molecular complexity index is 2060. The van der Waals surface area contributed by atoms with Crippen LogP contribution < -0.4 is 0 Å². The molecule has 67 heavy (non-hydrogen) atoms. The fraction of sp³-hybridized carbons (Fsp3) is 0.795. The topological polar surface area (TPSA) is 158 Å². The summed E-state index contributed by atoms with van der Waals surface area (Å²) in [6.07, 6.45) is -33.4. The molecule has 0 aromatic heterocycles. The summed E-state index contributed by atoms with van der Waals surface area (Å²) in [5.41, 5.74) is -19.3. The highest BCUT2D eigenvalue weighted by molar-refractivity contribution is 5.89. The monoisotopic (exact) mass is 982 g/mol. The lowest BCUT2D eigenvalue weighted by Crippen LogP contribution is -2.72. The van der Waals surface area contributed by atoms with Crippen molar-refractivity contribution in [2.75, 3.05) is 0 Å². The van der Waals surface area contributed by atoms with Crippen LogP contribution in [0.15, 0.2) is 36.0 Å². The number of aliphatic hydroxyl groups is 3. The molecule has 9 aliphatic carbocycles. The van der Waals surface area contributed by atoms with E-state index in [1.54, 1.807) is 0 Å². The number of carbonyl (C=O) groups excluding carboxylic acids is 3. The molecular formula is C44H50F12O11. The fourth-order valence-corrected chi connectivity index (χ4v) is 14.3. The minimum absolute atomic E-state index is 0.0300. The fourth-order valence-electron chi connectivity index (χ4n) is 14.3. The maximum atomic E-state index is 14.7. The van der Waals surface area contributed by atoms with Crippen molar-refractivity contribution in [2.24, 2.45) is 41.4 Å². The van der Waals surface area contributed by atoms with Gasteiger partial charge in [0.15, 0.2) is 0 Å². The average molecular weight is 983 g/mol. The molecule has 10 aliphatic rings. The second kappa shape index (κ2) is 15.3. The number of hydrogen-bond donors (Lipinski definition) is 3. The minimum atomic E-state index is -6.74. The predicted octanol–water partition coefficient (Wildman–Crippen LogP) is 8.29. The summed E-state index contributed by atoms with van der Waals surface area (Å²) in [7, 11) is 0. The molecule has 10 rings (SSSR count). The molecule has 376 valence electrons. The van der Waals surface area contributed by atoms with E-state index in [9.17, 15) is 82.4 Å². The molecule has 23 heteroatoms. The minimum Gasteiger partial charge on any atom is -0.459 e. The van der Waals surface area contributed by atoms with Crippen molar-refractivity contribution in [1.29, 1.82) is 0 Å². The molecule has 0 radical (unpaired) electrons. The Hall–Kier alpha value is -3.41. The zero-order chi connectivity index (χ0) is 49.7. The first kappa shape index (κ1) is 50.0. The summed E-state index contributed by atoms with van der Waals surface area (Å²) in [4.78, 5) is 54.0. The number of ether oxygens (including phenoxy) is 3. The van der Waals surface area contributed by atoms with Gasteiger partial charge in [0.25, 0.3) is 11.2 Å². The molecule has 9 saturated carbocycles. The third-order valence-electron chi connectivity index (χ3n) is 16.3. The van der Waals surface area contributed by atoms with Gasteiger partial charge in [0.2, 0.25) is 0 Å². The van der Waals surface area contributed by atoms with E-state index in [-0.39, 0.29) is 74.0 Å². The number of esters is 3. The second-order valence-corrected chi connectivity index (χ2v) is 21.3. The largest absolute Gasteiger partial charge is 0.459 e. The van der Waals surface area contributed by atoms with E-state index in [4.69, 9.17) is 24.0 Å². The van der Waals surface area contributed by atoms with Crippen LogP contribution in [0.1, 0.15) is 104 Å². The Morgan fingerprint density at radius 1 is 0.642 bits per heavy atom. The number of alkyl halides is 12. The molecule has 12 atom stereocenters. The molecule has 12 unspecified atom stereocenters. The molecule has 0 saturated heterocycles. The standard InChI is InChI=1S/C44H50F12O11/c1-20(2)31(57)64-35-11-22-5-24(14-35)29-6-23(7-30-25-13-34(60)16-36(15-25,65-32(58)21(3)4)19-38(30,17-34)67-66-37(29,12-22)18-35)33(59)63-28-9-26(39(61,41(45,46)47)42(48,49)50)8-27(10-28)40(62,43(51,52)53)44(54,55)56/h6,22,24-30,60-62H,1,3,5,7-19H2,2,4H3/b23-6-. The maximum absolute atomic E-state index is 14.7. The summed E-state index contributed by atoms with van der Waals surface area (Å²) in [5.74, 6) is -13.2. The quantitative estimate of drug-likeness (QED) is 0.0707. The third kappa shape index (κ3) is 7.90. The van der Waals surface area contributed by atoms with Crippen molar-refractivity contribution in [1.82, 2.24) is 0 Å². The summed E-state index contributed by atoms with van der Waals surface area (Å²) < 4.78 is 189. The lowest BCUT2D eigenvalue weighted by atomic mass is 9.45. The van der Waals surface area contributed by atoms with Crippen LogP contribution in [0.5, 0.6) is 0 Å². The zero-order valence-electron chi connectivity index (χ0n) is 36.2.